The molecule has 1 saturated heterocycles. The minimum atomic E-state index is 0.295. The van der Waals surface area contributed by atoms with Crippen LogP contribution in [0.5, 0.6) is 0 Å². The Bertz CT molecular complexity index is 809. The summed E-state index contributed by atoms with van der Waals surface area (Å²) in [4.78, 5) is 4.49. The summed E-state index contributed by atoms with van der Waals surface area (Å²) in [6.07, 6.45) is 4.69. The summed E-state index contributed by atoms with van der Waals surface area (Å²) in [5, 5.41) is 15.8. The molecular weight excluding hydrogens is 280 g/mol. The van der Waals surface area contributed by atoms with Gasteiger partial charge in [0, 0.05) is 23.9 Å². The van der Waals surface area contributed by atoms with Crippen LogP contribution in [0.1, 0.15) is 12.1 Å². The van der Waals surface area contributed by atoms with Crippen LogP contribution in [0, 0.1) is 6.92 Å². The van der Waals surface area contributed by atoms with Crippen molar-refractivity contribution in [2.45, 2.75) is 19.4 Å². The largest absolute Gasteiger partial charge is 0.379 e. The predicted molar refractivity (Wildman–Crippen MR) is 81.6 cm³/mol. The van der Waals surface area contributed by atoms with E-state index in [0.29, 0.717) is 18.6 Å². The molecule has 0 aliphatic carbocycles. The zero-order valence-electron chi connectivity index (χ0n) is 12.2. The molecule has 1 atom stereocenters. The van der Waals surface area contributed by atoms with Gasteiger partial charge in [-0.2, -0.15) is 15.2 Å². The Morgan fingerprint density at radius 2 is 2.27 bits per heavy atom. The van der Waals surface area contributed by atoms with Gasteiger partial charge in [0.2, 0.25) is 5.95 Å². The molecule has 1 N–H and O–H groups in total. The van der Waals surface area contributed by atoms with Crippen molar-refractivity contribution in [3.05, 3.63) is 36.3 Å². The molecule has 0 saturated carbocycles. The van der Waals surface area contributed by atoms with E-state index in [-0.39, 0.29) is 0 Å². The van der Waals surface area contributed by atoms with E-state index in [4.69, 9.17) is 4.74 Å². The van der Waals surface area contributed by atoms with E-state index in [9.17, 15) is 0 Å². The molecule has 0 spiro atoms. The van der Waals surface area contributed by atoms with Gasteiger partial charge in [-0.3, -0.25) is 0 Å². The van der Waals surface area contributed by atoms with Crippen LogP contribution in [-0.2, 0) is 4.74 Å². The van der Waals surface area contributed by atoms with E-state index in [1.165, 1.54) is 0 Å². The normalized spacial score (nSPS) is 18.0. The van der Waals surface area contributed by atoms with Crippen LogP contribution in [-0.4, -0.2) is 44.1 Å². The molecule has 3 aromatic heterocycles. The van der Waals surface area contributed by atoms with Gasteiger partial charge in [-0.15, -0.1) is 5.10 Å². The molecule has 22 heavy (non-hydrogen) atoms. The minimum Gasteiger partial charge on any atom is -0.379 e. The number of hydrogen-bond donors (Lipinski definition) is 1. The van der Waals surface area contributed by atoms with Crippen LogP contribution in [0.2, 0.25) is 0 Å². The zero-order chi connectivity index (χ0) is 14.9. The van der Waals surface area contributed by atoms with Crippen molar-refractivity contribution >= 4 is 11.6 Å². The Morgan fingerprint density at radius 1 is 1.32 bits per heavy atom. The third-order valence-corrected chi connectivity index (χ3v) is 3.70. The quantitative estimate of drug-likeness (QED) is 0.792. The van der Waals surface area contributed by atoms with Crippen LogP contribution in [0.15, 0.2) is 30.6 Å². The van der Waals surface area contributed by atoms with Gasteiger partial charge in [0.25, 0.3) is 0 Å². The molecule has 3 aromatic rings. The van der Waals surface area contributed by atoms with E-state index >= 15 is 0 Å². The molecule has 7 nitrogen and oxygen atoms in total. The number of pyridine rings is 1. The standard InChI is InChI=1S/C15H16N6O/c1-10-6-12(7-16-19-10)11-2-3-14-18-15(20-21(14)8-11)17-13-4-5-22-9-13/h2-3,6-8,13H,4-5,9H2,1H3,(H,17,20). The Morgan fingerprint density at radius 3 is 3.09 bits per heavy atom. The Labute approximate surface area is 127 Å². The lowest BCUT2D eigenvalue weighted by molar-refractivity contribution is 0.195. The van der Waals surface area contributed by atoms with Gasteiger partial charge < -0.3 is 10.1 Å². The van der Waals surface area contributed by atoms with Gasteiger partial charge in [0.05, 0.1) is 24.5 Å². The molecule has 1 fully saturated rings. The van der Waals surface area contributed by atoms with E-state index in [1.54, 1.807) is 10.7 Å². The second kappa shape index (κ2) is 5.34. The molecule has 4 rings (SSSR count). The lowest BCUT2D eigenvalue weighted by Crippen LogP contribution is -2.19. The minimum absolute atomic E-state index is 0.295. The Balaban J connectivity index is 1.65. The maximum atomic E-state index is 5.35. The van der Waals surface area contributed by atoms with E-state index in [2.05, 4.69) is 25.6 Å². The maximum absolute atomic E-state index is 5.35. The number of ether oxygens (including phenoxy) is 1. The second-order valence-electron chi connectivity index (χ2n) is 5.45. The summed E-state index contributed by atoms with van der Waals surface area (Å²) in [7, 11) is 0. The molecule has 1 unspecified atom stereocenters. The van der Waals surface area contributed by atoms with Crippen LogP contribution in [0.25, 0.3) is 16.8 Å². The molecule has 0 amide bonds. The average molecular weight is 296 g/mol. The average Bonchev–Trinajstić information content (AvgIpc) is 3.15. The molecule has 0 radical (unpaired) electrons. The van der Waals surface area contributed by atoms with Gasteiger partial charge in [0.1, 0.15) is 0 Å². The summed E-state index contributed by atoms with van der Waals surface area (Å²) in [6, 6.07) is 6.27. The van der Waals surface area contributed by atoms with Crippen molar-refractivity contribution in [2.24, 2.45) is 0 Å². The van der Waals surface area contributed by atoms with Crippen molar-refractivity contribution in [1.29, 1.82) is 0 Å². The molecular formula is C15H16N6O. The van der Waals surface area contributed by atoms with E-state index in [1.807, 2.05) is 31.3 Å². The number of rotatable bonds is 3. The molecule has 7 heteroatoms. The molecule has 0 aromatic carbocycles. The number of fused-ring (bicyclic) bond motifs is 1. The fraction of sp³-hybridized carbons (Fsp3) is 0.333. The van der Waals surface area contributed by atoms with Crippen molar-refractivity contribution in [3.63, 3.8) is 0 Å². The second-order valence-corrected chi connectivity index (χ2v) is 5.45. The summed E-state index contributed by atoms with van der Waals surface area (Å²) >= 11 is 0. The SMILES string of the molecule is Cc1cc(-c2ccc3nc(NC4CCOC4)nn3c2)cnn1. The van der Waals surface area contributed by atoms with Gasteiger partial charge in [-0.25, -0.2) is 4.52 Å². The molecule has 1 aliphatic rings. The monoisotopic (exact) mass is 296 g/mol. The Kier molecular flexibility index (Phi) is 3.19. The highest BCUT2D eigenvalue weighted by atomic mass is 16.5. The van der Waals surface area contributed by atoms with Gasteiger partial charge in [-0.1, -0.05) is 0 Å². The lowest BCUT2D eigenvalue weighted by Gasteiger charge is -2.06. The number of aromatic nitrogens is 5. The first kappa shape index (κ1) is 13.1. The highest BCUT2D eigenvalue weighted by Gasteiger charge is 2.17. The highest BCUT2D eigenvalue weighted by Crippen LogP contribution is 2.20. The first-order valence-electron chi connectivity index (χ1n) is 7.28. The van der Waals surface area contributed by atoms with Crippen LogP contribution < -0.4 is 5.32 Å². The molecule has 112 valence electrons. The van der Waals surface area contributed by atoms with Crippen molar-refractivity contribution < 1.29 is 4.74 Å². The zero-order valence-corrected chi connectivity index (χ0v) is 12.2. The summed E-state index contributed by atoms with van der Waals surface area (Å²) < 4.78 is 7.13. The number of aryl methyl sites for hydroxylation is 1. The first-order valence-corrected chi connectivity index (χ1v) is 7.28. The summed E-state index contributed by atoms with van der Waals surface area (Å²) in [5.41, 5.74) is 3.75. The number of nitrogens with one attached hydrogen (secondary N) is 1. The van der Waals surface area contributed by atoms with Gasteiger partial charge in [-0.05, 0) is 31.5 Å². The topological polar surface area (TPSA) is 77.2 Å². The molecule has 0 bridgehead atoms. The number of hydrogen-bond acceptors (Lipinski definition) is 6. The van der Waals surface area contributed by atoms with E-state index in [0.717, 1.165) is 35.5 Å². The summed E-state index contributed by atoms with van der Waals surface area (Å²) in [5.74, 6) is 0.636. The number of nitrogens with zero attached hydrogens (tertiary/aromatic N) is 5. The highest BCUT2D eigenvalue weighted by molar-refractivity contribution is 5.64. The van der Waals surface area contributed by atoms with Crippen molar-refractivity contribution in [3.8, 4) is 11.1 Å². The third-order valence-electron chi connectivity index (χ3n) is 3.70. The fourth-order valence-electron chi connectivity index (χ4n) is 2.58. The van der Waals surface area contributed by atoms with Crippen molar-refractivity contribution in [2.75, 3.05) is 18.5 Å². The smallest absolute Gasteiger partial charge is 0.243 e. The van der Waals surface area contributed by atoms with Crippen LogP contribution in [0.4, 0.5) is 5.95 Å². The predicted octanol–water partition coefficient (Wildman–Crippen LogP) is 1.70. The lowest BCUT2D eigenvalue weighted by atomic mass is 10.1. The Hall–Kier alpha value is -2.54. The van der Waals surface area contributed by atoms with Crippen molar-refractivity contribution in [1.82, 2.24) is 24.8 Å². The third kappa shape index (κ3) is 2.50. The van der Waals surface area contributed by atoms with Gasteiger partial charge >= 0.3 is 0 Å². The molecule has 4 heterocycles. The van der Waals surface area contributed by atoms with Gasteiger partial charge in [0.15, 0.2) is 5.65 Å². The summed E-state index contributed by atoms with van der Waals surface area (Å²) in [6.45, 7) is 3.43. The molecule has 1 aliphatic heterocycles. The van der Waals surface area contributed by atoms with Crippen LogP contribution >= 0.6 is 0 Å². The van der Waals surface area contributed by atoms with E-state index < -0.39 is 0 Å². The van der Waals surface area contributed by atoms with Crippen LogP contribution in [0.3, 0.4) is 0 Å². The maximum Gasteiger partial charge on any atom is 0.243 e. The first-order chi connectivity index (χ1) is 10.8. The fourth-order valence-corrected chi connectivity index (χ4v) is 2.58. The number of anilines is 1.